The highest BCUT2D eigenvalue weighted by molar-refractivity contribution is 7.88. The predicted octanol–water partition coefficient (Wildman–Crippen LogP) is -0.944. The summed E-state index contributed by atoms with van der Waals surface area (Å²) in [6.07, 6.45) is 0.172. The Bertz CT molecular complexity index is 441. The summed E-state index contributed by atoms with van der Waals surface area (Å²) < 4.78 is 30.6. The van der Waals surface area contributed by atoms with Crippen LogP contribution in [0.1, 0.15) is 18.8 Å². The van der Waals surface area contributed by atoms with Gasteiger partial charge in [-0.3, -0.25) is 5.10 Å². The molecule has 1 amide bonds. The van der Waals surface area contributed by atoms with E-state index < -0.39 is 22.3 Å². The lowest BCUT2D eigenvalue weighted by Gasteiger charge is -2.11. The standard InChI is InChI=1S/C6H11N5O4S/c1-4(5-7-3-8-9-5)10-16(13,14)11-6(12)15-2/h3-4,10H,1-2H3,(H,11,12)(H,7,8,9). The number of nitrogens with zero attached hydrogens (tertiary/aromatic N) is 2. The van der Waals surface area contributed by atoms with E-state index in [2.05, 4.69) is 24.6 Å². The van der Waals surface area contributed by atoms with Crippen LogP contribution >= 0.6 is 0 Å². The number of methoxy groups -OCH3 is 1. The van der Waals surface area contributed by atoms with Crippen LogP contribution in [0.5, 0.6) is 0 Å². The van der Waals surface area contributed by atoms with Crippen molar-refractivity contribution in [2.45, 2.75) is 13.0 Å². The van der Waals surface area contributed by atoms with Crippen molar-refractivity contribution in [1.29, 1.82) is 0 Å². The van der Waals surface area contributed by atoms with E-state index in [1.54, 1.807) is 4.72 Å². The van der Waals surface area contributed by atoms with E-state index in [0.717, 1.165) is 7.11 Å². The number of aromatic amines is 1. The predicted molar refractivity (Wildman–Crippen MR) is 52.4 cm³/mol. The van der Waals surface area contributed by atoms with Gasteiger partial charge in [0.05, 0.1) is 13.2 Å². The van der Waals surface area contributed by atoms with Crippen molar-refractivity contribution >= 4 is 16.3 Å². The maximum absolute atomic E-state index is 11.3. The van der Waals surface area contributed by atoms with E-state index in [9.17, 15) is 13.2 Å². The largest absolute Gasteiger partial charge is 0.452 e. The number of rotatable bonds is 4. The van der Waals surface area contributed by atoms with Crippen molar-refractivity contribution in [1.82, 2.24) is 24.6 Å². The van der Waals surface area contributed by atoms with Crippen LogP contribution in [0.4, 0.5) is 4.79 Å². The molecule has 0 aliphatic heterocycles. The molecular formula is C6H11N5O4S. The molecule has 0 aliphatic rings. The lowest BCUT2D eigenvalue weighted by Crippen LogP contribution is -2.41. The summed E-state index contributed by atoms with van der Waals surface area (Å²) in [5.74, 6) is 0.329. The second-order valence-corrected chi connectivity index (χ2v) is 4.25. The van der Waals surface area contributed by atoms with Gasteiger partial charge in [0.1, 0.15) is 12.2 Å². The SMILES string of the molecule is COC(=O)NS(=O)(=O)NC(C)c1ncn[nH]1. The van der Waals surface area contributed by atoms with Crippen molar-refractivity contribution in [2.75, 3.05) is 7.11 Å². The number of nitrogens with one attached hydrogen (secondary N) is 3. The Morgan fingerprint density at radius 3 is 2.81 bits per heavy atom. The van der Waals surface area contributed by atoms with Crippen LogP contribution in [0.2, 0.25) is 0 Å². The monoisotopic (exact) mass is 249 g/mol. The quantitative estimate of drug-likeness (QED) is 0.632. The Kier molecular flexibility index (Phi) is 3.79. The summed E-state index contributed by atoms with van der Waals surface area (Å²) in [7, 11) is -2.92. The zero-order valence-electron chi connectivity index (χ0n) is 8.59. The van der Waals surface area contributed by atoms with Gasteiger partial charge in [-0.1, -0.05) is 0 Å². The molecule has 0 aliphatic carbocycles. The molecule has 0 saturated heterocycles. The van der Waals surface area contributed by atoms with Gasteiger partial charge in [0, 0.05) is 0 Å². The van der Waals surface area contributed by atoms with Crippen LogP contribution in [0, 0.1) is 0 Å². The highest BCUT2D eigenvalue weighted by Gasteiger charge is 2.19. The number of aromatic nitrogens is 3. The fourth-order valence-corrected chi connectivity index (χ4v) is 1.83. The molecule has 0 fully saturated rings. The number of H-pyrrole nitrogens is 1. The molecule has 1 rings (SSSR count). The second-order valence-electron chi connectivity index (χ2n) is 2.81. The van der Waals surface area contributed by atoms with Gasteiger partial charge in [-0.05, 0) is 6.92 Å². The molecule has 0 spiro atoms. The first-order chi connectivity index (χ1) is 7.44. The van der Waals surface area contributed by atoms with Crippen molar-refractivity contribution < 1.29 is 17.9 Å². The Morgan fingerprint density at radius 2 is 2.31 bits per heavy atom. The average molecular weight is 249 g/mol. The van der Waals surface area contributed by atoms with Crippen molar-refractivity contribution in [2.24, 2.45) is 0 Å². The number of carbonyl (C=O) groups excluding carboxylic acids is 1. The van der Waals surface area contributed by atoms with Crippen molar-refractivity contribution in [3.8, 4) is 0 Å². The topological polar surface area (TPSA) is 126 Å². The third-order valence-electron chi connectivity index (χ3n) is 1.58. The Balaban J connectivity index is 2.63. The first-order valence-corrected chi connectivity index (χ1v) is 5.66. The zero-order valence-corrected chi connectivity index (χ0v) is 9.41. The average Bonchev–Trinajstić information content (AvgIpc) is 2.68. The lowest BCUT2D eigenvalue weighted by molar-refractivity contribution is 0.177. The fourth-order valence-electron chi connectivity index (χ4n) is 0.893. The molecule has 9 nitrogen and oxygen atoms in total. The smallest absolute Gasteiger partial charge is 0.421 e. The Labute approximate surface area is 91.8 Å². The summed E-state index contributed by atoms with van der Waals surface area (Å²) in [5, 5.41) is 6.06. The van der Waals surface area contributed by atoms with Crippen molar-refractivity contribution in [3.05, 3.63) is 12.2 Å². The van der Waals surface area contributed by atoms with Crippen LogP contribution in [0.3, 0.4) is 0 Å². The molecule has 90 valence electrons. The molecule has 3 N–H and O–H groups in total. The van der Waals surface area contributed by atoms with Gasteiger partial charge in [-0.2, -0.15) is 18.2 Å². The molecule has 1 heterocycles. The molecule has 16 heavy (non-hydrogen) atoms. The molecule has 0 aromatic carbocycles. The highest BCUT2D eigenvalue weighted by Crippen LogP contribution is 2.04. The summed E-state index contributed by atoms with van der Waals surface area (Å²) in [5.41, 5.74) is 0. The van der Waals surface area contributed by atoms with Gasteiger partial charge in [-0.25, -0.2) is 14.5 Å². The third-order valence-corrected chi connectivity index (χ3v) is 2.68. The minimum atomic E-state index is -3.98. The molecule has 1 aromatic rings. The van der Waals surface area contributed by atoms with Crippen LogP contribution in [0.15, 0.2) is 6.33 Å². The molecule has 0 saturated carbocycles. The van der Waals surface area contributed by atoms with Crippen LogP contribution in [-0.4, -0.2) is 36.8 Å². The van der Waals surface area contributed by atoms with Crippen molar-refractivity contribution in [3.63, 3.8) is 0 Å². The summed E-state index contributed by atoms with van der Waals surface area (Å²) in [6.45, 7) is 1.54. The maximum Gasteiger partial charge on any atom is 0.421 e. The van der Waals surface area contributed by atoms with E-state index in [1.165, 1.54) is 13.3 Å². The van der Waals surface area contributed by atoms with Gasteiger partial charge in [0.2, 0.25) is 0 Å². The molecule has 0 radical (unpaired) electrons. The van der Waals surface area contributed by atoms with Crippen LogP contribution in [0.25, 0.3) is 0 Å². The van der Waals surface area contributed by atoms with E-state index in [0.29, 0.717) is 5.82 Å². The molecule has 10 heteroatoms. The normalized spacial score (nSPS) is 13.1. The fraction of sp³-hybridized carbons (Fsp3) is 0.500. The summed E-state index contributed by atoms with van der Waals surface area (Å²) >= 11 is 0. The molecule has 0 bridgehead atoms. The maximum atomic E-state index is 11.3. The summed E-state index contributed by atoms with van der Waals surface area (Å²) in [6, 6.07) is -0.648. The van der Waals surface area contributed by atoms with E-state index in [4.69, 9.17) is 0 Å². The first kappa shape index (κ1) is 12.4. The van der Waals surface area contributed by atoms with E-state index in [-0.39, 0.29) is 0 Å². The number of carbonyl (C=O) groups is 1. The number of hydrogen-bond acceptors (Lipinski definition) is 6. The molecule has 1 aromatic heterocycles. The second kappa shape index (κ2) is 4.90. The van der Waals surface area contributed by atoms with E-state index >= 15 is 0 Å². The van der Waals surface area contributed by atoms with Gasteiger partial charge < -0.3 is 4.74 Å². The first-order valence-electron chi connectivity index (χ1n) is 4.18. The van der Waals surface area contributed by atoms with Crippen LogP contribution < -0.4 is 9.44 Å². The van der Waals surface area contributed by atoms with Gasteiger partial charge in [0.25, 0.3) is 0 Å². The van der Waals surface area contributed by atoms with Gasteiger partial charge >= 0.3 is 16.3 Å². The Hall–Kier alpha value is -1.68. The lowest BCUT2D eigenvalue weighted by atomic mass is 10.3. The minimum absolute atomic E-state index is 0.329. The van der Waals surface area contributed by atoms with Crippen LogP contribution in [-0.2, 0) is 14.9 Å². The van der Waals surface area contributed by atoms with Gasteiger partial charge in [-0.15, -0.1) is 0 Å². The Morgan fingerprint density at radius 1 is 1.62 bits per heavy atom. The number of hydrogen-bond donors (Lipinski definition) is 3. The molecule has 1 atom stereocenters. The van der Waals surface area contributed by atoms with E-state index in [1.807, 2.05) is 0 Å². The number of amides is 1. The molecule has 1 unspecified atom stereocenters. The third kappa shape index (κ3) is 3.47. The minimum Gasteiger partial charge on any atom is -0.452 e. The highest BCUT2D eigenvalue weighted by atomic mass is 32.2. The zero-order chi connectivity index (χ0) is 12.2. The number of ether oxygens (including phenoxy) is 1. The molecular weight excluding hydrogens is 238 g/mol. The van der Waals surface area contributed by atoms with Gasteiger partial charge in [0.15, 0.2) is 0 Å². The summed E-state index contributed by atoms with van der Waals surface area (Å²) in [4.78, 5) is 14.5.